The van der Waals surface area contributed by atoms with Crippen LogP contribution < -0.4 is 5.32 Å². The van der Waals surface area contributed by atoms with Gasteiger partial charge in [-0.1, -0.05) is 48.5 Å². The second kappa shape index (κ2) is 6.88. The Kier molecular flexibility index (Phi) is 4.48. The van der Waals surface area contributed by atoms with Gasteiger partial charge in [-0.25, -0.2) is 4.39 Å². The second-order valence-corrected chi connectivity index (χ2v) is 5.28. The predicted molar refractivity (Wildman–Crippen MR) is 90.0 cm³/mol. The normalized spacial score (nSPS) is 10.3. The van der Waals surface area contributed by atoms with E-state index in [1.807, 2.05) is 48.5 Å². The summed E-state index contributed by atoms with van der Waals surface area (Å²) >= 11 is 0. The quantitative estimate of drug-likeness (QED) is 0.745. The average Bonchev–Trinajstić information content (AvgIpc) is 2.58. The van der Waals surface area contributed by atoms with Gasteiger partial charge in [0, 0.05) is 11.3 Å². The Morgan fingerprint density at radius 2 is 1.48 bits per heavy atom. The Morgan fingerprint density at radius 1 is 0.826 bits per heavy atom. The van der Waals surface area contributed by atoms with Crippen molar-refractivity contribution in [1.82, 2.24) is 0 Å². The van der Waals surface area contributed by atoms with Crippen LogP contribution in [0.3, 0.4) is 0 Å². The monoisotopic (exact) mass is 305 g/mol. The van der Waals surface area contributed by atoms with E-state index < -0.39 is 0 Å². The molecule has 0 aromatic heterocycles. The number of nitrogens with one attached hydrogen (secondary N) is 1. The zero-order chi connectivity index (χ0) is 16.1. The molecule has 0 fully saturated rings. The van der Waals surface area contributed by atoms with E-state index in [0.29, 0.717) is 17.7 Å². The Hall–Kier alpha value is -2.94. The number of benzene rings is 3. The van der Waals surface area contributed by atoms with E-state index in [1.165, 1.54) is 12.1 Å². The molecule has 2 nitrogen and oxygen atoms in total. The number of anilines is 1. The number of carbonyl (C=O) groups excluding carboxylic acids is 1. The molecule has 0 aliphatic carbocycles. The van der Waals surface area contributed by atoms with E-state index in [4.69, 9.17) is 0 Å². The number of rotatable bonds is 4. The van der Waals surface area contributed by atoms with E-state index >= 15 is 0 Å². The molecule has 3 rings (SSSR count). The van der Waals surface area contributed by atoms with Crippen molar-refractivity contribution < 1.29 is 9.18 Å². The van der Waals surface area contributed by atoms with Gasteiger partial charge >= 0.3 is 0 Å². The van der Waals surface area contributed by atoms with Crippen LogP contribution in [0.2, 0.25) is 0 Å². The van der Waals surface area contributed by atoms with Gasteiger partial charge in [-0.15, -0.1) is 0 Å². The zero-order valence-electron chi connectivity index (χ0n) is 12.5. The van der Waals surface area contributed by atoms with Gasteiger partial charge in [0.05, 0.1) is 0 Å². The van der Waals surface area contributed by atoms with Crippen molar-refractivity contribution >= 4 is 11.6 Å². The number of hydrogen-bond acceptors (Lipinski definition) is 1. The Bertz CT molecular complexity index is 797. The standard InChI is InChI=1S/C20H16FNO/c21-17-10-12-18(13-11-17)22-20(23)19-9-5-4-8-16(19)14-15-6-2-1-3-7-15/h1-13H,14H2,(H,22,23). The van der Waals surface area contributed by atoms with Crippen LogP contribution in [-0.2, 0) is 6.42 Å². The highest BCUT2D eigenvalue weighted by Crippen LogP contribution is 2.17. The molecule has 0 saturated carbocycles. The van der Waals surface area contributed by atoms with E-state index in [0.717, 1.165) is 11.1 Å². The summed E-state index contributed by atoms with van der Waals surface area (Å²) in [5.74, 6) is -0.518. The third-order valence-electron chi connectivity index (χ3n) is 3.60. The maximum atomic E-state index is 12.9. The minimum atomic E-state index is -0.326. The van der Waals surface area contributed by atoms with Crippen LogP contribution in [0.25, 0.3) is 0 Å². The summed E-state index contributed by atoms with van der Waals surface area (Å²) in [5.41, 5.74) is 3.31. The van der Waals surface area contributed by atoms with Gasteiger partial charge in [0.25, 0.3) is 5.91 Å². The molecule has 114 valence electrons. The first-order valence-electron chi connectivity index (χ1n) is 7.41. The van der Waals surface area contributed by atoms with Crippen molar-refractivity contribution in [2.24, 2.45) is 0 Å². The van der Waals surface area contributed by atoms with Gasteiger partial charge in [-0.2, -0.15) is 0 Å². The maximum Gasteiger partial charge on any atom is 0.255 e. The topological polar surface area (TPSA) is 29.1 Å². The van der Waals surface area contributed by atoms with Crippen LogP contribution >= 0.6 is 0 Å². The number of amides is 1. The molecular weight excluding hydrogens is 289 g/mol. The van der Waals surface area contributed by atoms with Crippen molar-refractivity contribution in [3.63, 3.8) is 0 Å². The lowest BCUT2D eigenvalue weighted by Crippen LogP contribution is -2.14. The van der Waals surface area contributed by atoms with Crippen molar-refractivity contribution in [1.29, 1.82) is 0 Å². The summed E-state index contributed by atoms with van der Waals surface area (Å²) in [7, 11) is 0. The summed E-state index contributed by atoms with van der Waals surface area (Å²) < 4.78 is 12.9. The van der Waals surface area contributed by atoms with Gasteiger partial charge in [0.15, 0.2) is 0 Å². The summed E-state index contributed by atoms with van der Waals surface area (Å²) in [4.78, 5) is 12.5. The molecule has 0 heterocycles. The van der Waals surface area contributed by atoms with Crippen LogP contribution in [0.5, 0.6) is 0 Å². The molecule has 0 atom stereocenters. The SMILES string of the molecule is O=C(Nc1ccc(F)cc1)c1ccccc1Cc1ccccc1. The van der Waals surface area contributed by atoms with Crippen LogP contribution in [-0.4, -0.2) is 5.91 Å². The molecule has 0 bridgehead atoms. The molecule has 1 N–H and O–H groups in total. The smallest absolute Gasteiger partial charge is 0.255 e. The second-order valence-electron chi connectivity index (χ2n) is 5.28. The van der Waals surface area contributed by atoms with Crippen molar-refractivity contribution in [2.75, 3.05) is 5.32 Å². The number of halogens is 1. The first kappa shape index (κ1) is 15.0. The molecule has 23 heavy (non-hydrogen) atoms. The molecule has 0 aliphatic heterocycles. The van der Waals surface area contributed by atoms with Crippen LogP contribution in [0.15, 0.2) is 78.9 Å². The number of carbonyl (C=O) groups is 1. The van der Waals surface area contributed by atoms with Crippen molar-refractivity contribution in [2.45, 2.75) is 6.42 Å². The largest absolute Gasteiger partial charge is 0.322 e. The van der Waals surface area contributed by atoms with Gasteiger partial charge in [0.2, 0.25) is 0 Å². The average molecular weight is 305 g/mol. The number of hydrogen-bond donors (Lipinski definition) is 1. The molecule has 0 radical (unpaired) electrons. The molecule has 0 aliphatic rings. The van der Waals surface area contributed by atoms with Gasteiger partial charge in [-0.3, -0.25) is 4.79 Å². The van der Waals surface area contributed by atoms with Crippen LogP contribution in [0, 0.1) is 5.82 Å². The fourth-order valence-electron chi connectivity index (χ4n) is 2.44. The molecule has 1 amide bonds. The molecule has 3 aromatic rings. The minimum absolute atomic E-state index is 0.192. The van der Waals surface area contributed by atoms with E-state index in [2.05, 4.69) is 5.32 Å². The fourth-order valence-corrected chi connectivity index (χ4v) is 2.44. The highest BCUT2D eigenvalue weighted by molar-refractivity contribution is 6.05. The summed E-state index contributed by atoms with van der Waals surface area (Å²) in [6.07, 6.45) is 0.688. The Balaban J connectivity index is 1.82. The highest BCUT2D eigenvalue weighted by atomic mass is 19.1. The molecule has 0 saturated heterocycles. The first-order chi connectivity index (χ1) is 11.2. The van der Waals surface area contributed by atoms with Crippen molar-refractivity contribution in [3.8, 4) is 0 Å². The molecule has 0 unspecified atom stereocenters. The van der Waals surface area contributed by atoms with E-state index in [-0.39, 0.29) is 11.7 Å². The zero-order valence-corrected chi connectivity index (χ0v) is 12.5. The fraction of sp³-hybridized carbons (Fsp3) is 0.0500. The van der Waals surface area contributed by atoms with E-state index in [1.54, 1.807) is 18.2 Å². The Morgan fingerprint density at radius 3 is 2.22 bits per heavy atom. The third-order valence-corrected chi connectivity index (χ3v) is 3.60. The third kappa shape index (κ3) is 3.83. The van der Waals surface area contributed by atoms with Crippen LogP contribution in [0.1, 0.15) is 21.5 Å². The summed E-state index contributed by atoms with van der Waals surface area (Å²) in [5, 5.41) is 2.81. The van der Waals surface area contributed by atoms with Gasteiger partial charge in [0.1, 0.15) is 5.82 Å². The lowest BCUT2D eigenvalue weighted by Gasteiger charge is -2.10. The molecule has 0 spiro atoms. The van der Waals surface area contributed by atoms with Crippen molar-refractivity contribution in [3.05, 3.63) is 101 Å². The first-order valence-corrected chi connectivity index (χ1v) is 7.41. The van der Waals surface area contributed by atoms with E-state index in [9.17, 15) is 9.18 Å². The lowest BCUT2D eigenvalue weighted by atomic mass is 9.99. The highest BCUT2D eigenvalue weighted by Gasteiger charge is 2.11. The molecular formula is C20H16FNO. The van der Waals surface area contributed by atoms with Gasteiger partial charge in [-0.05, 0) is 47.9 Å². The van der Waals surface area contributed by atoms with Gasteiger partial charge < -0.3 is 5.32 Å². The lowest BCUT2D eigenvalue weighted by molar-refractivity contribution is 0.102. The summed E-state index contributed by atoms with van der Waals surface area (Å²) in [6, 6.07) is 23.3. The molecule has 3 aromatic carbocycles. The Labute approximate surface area is 134 Å². The minimum Gasteiger partial charge on any atom is -0.322 e. The maximum absolute atomic E-state index is 12.9. The predicted octanol–water partition coefficient (Wildman–Crippen LogP) is 4.67. The van der Waals surface area contributed by atoms with Crippen LogP contribution in [0.4, 0.5) is 10.1 Å². The summed E-state index contributed by atoms with van der Waals surface area (Å²) in [6.45, 7) is 0. The molecule has 3 heteroatoms.